The fourth-order valence-corrected chi connectivity index (χ4v) is 3.39. The minimum absolute atomic E-state index is 0.194. The molecule has 8 nitrogen and oxygen atoms in total. The van der Waals surface area contributed by atoms with Crippen LogP contribution in [0.2, 0.25) is 0 Å². The molecule has 0 aromatic carbocycles. The van der Waals surface area contributed by atoms with Crippen LogP contribution < -0.4 is 15.0 Å². The van der Waals surface area contributed by atoms with Gasteiger partial charge in [-0.15, -0.1) is 0 Å². The summed E-state index contributed by atoms with van der Waals surface area (Å²) >= 11 is 1.43. The normalized spacial score (nSPS) is 15.2. The molecule has 1 amide bonds. The number of hydrogen-bond acceptors (Lipinski definition) is 7. The van der Waals surface area contributed by atoms with Crippen molar-refractivity contribution < 1.29 is 9.53 Å². The van der Waals surface area contributed by atoms with Gasteiger partial charge < -0.3 is 19.9 Å². The van der Waals surface area contributed by atoms with Crippen molar-refractivity contribution in [2.45, 2.75) is 9.92 Å². The molecule has 2 aromatic heterocycles. The Labute approximate surface area is 150 Å². The number of rotatable bonds is 5. The van der Waals surface area contributed by atoms with Crippen LogP contribution >= 0.6 is 11.8 Å². The molecule has 2 aromatic rings. The number of nitrogens with zero attached hydrogens (tertiary/aromatic N) is 4. The van der Waals surface area contributed by atoms with Crippen molar-refractivity contribution in [3.8, 4) is 5.75 Å². The molecule has 0 atom stereocenters. The predicted octanol–water partition coefficient (Wildman–Crippen LogP) is 1.08. The lowest BCUT2D eigenvalue weighted by Crippen LogP contribution is -2.44. The van der Waals surface area contributed by atoms with Crippen molar-refractivity contribution in [1.29, 1.82) is 0 Å². The highest BCUT2D eigenvalue weighted by Crippen LogP contribution is 2.33. The maximum Gasteiger partial charge on any atom is 0.269 e. The molecule has 1 aliphatic heterocycles. The van der Waals surface area contributed by atoms with Crippen LogP contribution in [0.25, 0.3) is 0 Å². The number of methoxy groups -OCH3 is 1. The summed E-state index contributed by atoms with van der Waals surface area (Å²) < 4.78 is 5.54. The number of pyridine rings is 1. The number of H-pyrrole nitrogens is 1. The highest BCUT2D eigenvalue weighted by Gasteiger charge is 2.19. The Bertz CT molecular complexity index is 742. The maximum atomic E-state index is 11.6. The third kappa shape index (κ3) is 4.05. The number of hydrogen-bond donors (Lipinski definition) is 2. The summed E-state index contributed by atoms with van der Waals surface area (Å²) in [6.45, 7) is 3.89. The average Bonchev–Trinajstić information content (AvgIpc) is 3.10. The Balaban J connectivity index is 1.75. The van der Waals surface area contributed by atoms with Crippen molar-refractivity contribution in [2.24, 2.45) is 0 Å². The van der Waals surface area contributed by atoms with Gasteiger partial charge in [-0.05, 0) is 13.1 Å². The van der Waals surface area contributed by atoms with Crippen LogP contribution in [0.5, 0.6) is 5.75 Å². The van der Waals surface area contributed by atoms with Gasteiger partial charge in [0.05, 0.1) is 7.11 Å². The molecule has 1 aliphatic rings. The Morgan fingerprint density at radius 3 is 2.76 bits per heavy atom. The van der Waals surface area contributed by atoms with Gasteiger partial charge >= 0.3 is 0 Å². The minimum Gasteiger partial charge on any atom is -0.493 e. The first-order chi connectivity index (χ1) is 12.1. The minimum atomic E-state index is -0.194. The number of carbonyl (C=O) groups excluding carboxylic acids is 1. The van der Waals surface area contributed by atoms with E-state index in [4.69, 9.17) is 4.74 Å². The molecule has 0 saturated carbocycles. The van der Waals surface area contributed by atoms with Crippen LogP contribution in [0.15, 0.2) is 28.3 Å². The Hall–Kier alpha value is -2.26. The first-order valence-electron chi connectivity index (χ1n) is 8.03. The van der Waals surface area contributed by atoms with Crippen LogP contribution in [-0.2, 0) is 0 Å². The van der Waals surface area contributed by atoms with E-state index in [-0.39, 0.29) is 5.91 Å². The maximum absolute atomic E-state index is 11.6. The predicted molar refractivity (Wildman–Crippen MR) is 96.6 cm³/mol. The van der Waals surface area contributed by atoms with Gasteiger partial charge in [-0.2, -0.15) is 5.10 Å². The lowest BCUT2D eigenvalue weighted by molar-refractivity contribution is 0.0958. The number of amides is 1. The van der Waals surface area contributed by atoms with E-state index in [0.717, 1.165) is 42.6 Å². The van der Waals surface area contributed by atoms with Gasteiger partial charge in [0.25, 0.3) is 5.91 Å². The number of nitrogens with one attached hydrogen (secondary N) is 2. The second-order valence-corrected chi connectivity index (χ2v) is 6.88. The lowest BCUT2D eigenvalue weighted by atomic mass is 10.3. The zero-order valence-corrected chi connectivity index (χ0v) is 15.4. The highest BCUT2D eigenvalue weighted by molar-refractivity contribution is 7.99. The fraction of sp³-hybridized carbons (Fsp3) is 0.438. The second-order valence-electron chi connectivity index (χ2n) is 5.79. The Kier molecular flexibility index (Phi) is 5.44. The molecule has 0 unspecified atom stereocenters. The number of carbonyl (C=O) groups is 1. The smallest absolute Gasteiger partial charge is 0.269 e. The summed E-state index contributed by atoms with van der Waals surface area (Å²) in [7, 11) is 5.36. The molecule has 3 heterocycles. The van der Waals surface area contributed by atoms with E-state index in [1.54, 1.807) is 20.2 Å². The molecule has 1 fully saturated rings. The largest absolute Gasteiger partial charge is 0.493 e. The third-order valence-corrected chi connectivity index (χ3v) is 4.96. The third-order valence-electron chi connectivity index (χ3n) is 4.08. The van der Waals surface area contributed by atoms with Crippen molar-refractivity contribution >= 4 is 23.5 Å². The zero-order chi connectivity index (χ0) is 17.8. The number of aromatic amines is 1. The molecule has 3 rings (SSSR count). The van der Waals surface area contributed by atoms with Gasteiger partial charge in [0, 0.05) is 50.4 Å². The summed E-state index contributed by atoms with van der Waals surface area (Å²) in [5.41, 5.74) is 0.430. The molecule has 0 spiro atoms. The zero-order valence-electron chi connectivity index (χ0n) is 14.6. The lowest BCUT2D eigenvalue weighted by Gasteiger charge is -2.33. The Morgan fingerprint density at radius 2 is 2.08 bits per heavy atom. The van der Waals surface area contributed by atoms with Gasteiger partial charge in [0.1, 0.15) is 10.7 Å². The van der Waals surface area contributed by atoms with E-state index in [1.807, 2.05) is 12.3 Å². The Morgan fingerprint density at radius 1 is 1.32 bits per heavy atom. The number of anilines is 1. The fourth-order valence-electron chi connectivity index (χ4n) is 2.61. The van der Waals surface area contributed by atoms with Crippen LogP contribution in [-0.4, -0.2) is 73.4 Å². The summed E-state index contributed by atoms with van der Waals surface area (Å²) in [6, 6.07) is 3.67. The molecular formula is C16H22N6O2S. The number of piperazine rings is 1. The number of aromatic nitrogens is 3. The molecule has 0 aliphatic carbocycles. The van der Waals surface area contributed by atoms with E-state index in [2.05, 4.69) is 37.3 Å². The molecule has 2 N–H and O–H groups in total. The summed E-state index contributed by atoms with van der Waals surface area (Å²) in [6.07, 6.45) is 1.81. The molecule has 0 bridgehead atoms. The van der Waals surface area contributed by atoms with E-state index in [9.17, 15) is 4.79 Å². The summed E-state index contributed by atoms with van der Waals surface area (Å²) in [4.78, 5) is 21.6. The van der Waals surface area contributed by atoms with Crippen molar-refractivity contribution in [1.82, 2.24) is 25.4 Å². The van der Waals surface area contributed by atoms with Gasteiger partial charge in [-0.25, -0.2) is 4.98 Å². The summed E-state index contributed by atoms with van der Waals surface area (Å²) in [5, 5.41) is 10.1. The van der Waals surface area contributed by atoms with Gasteiger partial charge in [-0.3, -0.25) is 9.89 Å². The van der Waals surface area contributed by atoms with E-state index >= 15 is 0 Å². The number of ether oxygens (including phenoxy) is 1. The second kappa shape index (κ2) is 7.75. The monoisotopic (exact) mass is 362 g/mol. The van der Waals surface area contributed by atoms with E-state index in [1.165, 1.54) is 11.8 Å². The van der Waals surface area contributed by atoms with Crippen molar-refractivity contribution in [3.05, 3.63) is 24.0 Å². The standard InChI is InChI=1S/C16H22N6O2S/c1-17-16(23)12-9-14(20-19-12)25-11-8-13(24-3)15(18-10-11)22-6-4-21(2)5-7-22/h8-10H,4-7H2,1-3H3,(H,17,23)(H,19,20). The van der Waals surface area contributed by atoms with Crippen LogP contribution in [0.3, 0.4) is 0 Å². The average molecular weight is 362 g/mol. The van der Waals surface area contributed by atoms with Crippen molar-refractivity contribution in [3.63, 3.8) is 0 Å². The number of likely N-dealkylation sites (N-methyl/N-ethyl adjacent to an activating group) is 1. The first-order valence-corrected chi connectivity index (χ1v) is 8.85. The first kappa shape index (κ1) is 17.6. The van der Waals surface area contributed by atoms with Gasteiger partial charge in [0.2, 0.25) is 0 Å². The SMILES string of the molecule is CNC(=O)c1cc(Sc2cnc(N3CCN(C)CC3)c(OC)c2)n[nH]1. The van der Waals surface area contributed by atoms with Crippen molar-refractivity contribution in [2.75, 3.05) is 52.3 Å². The highest BCUT2D eigenvalue weighted by atomic mass is 32.2. The van der Waals surface area contributed by atoms with Crippen LogP contribution in [0.1, 0.15) is 10.5 Å². The quantitative estimate of drug-likeness (QED) is 0.823. The van der Waals surface area contributed by atoms with E-state index in [0.29, 0.717) is 10.7 Å². The van der Waals surface area contributed by atoms with Gasteiger partial charge in [-0.1, -0.05) is 11.8 Å². The van der Waals surface area contributed by atoms with Gasteiger partial charge in [0.15, 0.2) is 11.6 Å². The molecular weight excluding hydrogens is 340 g/mol. The van der Waals surface area contributed by atoms with E-state index < -0.39 is 0 Å². The summed E-state index contributed by atoms with van der Waals surface area (Å²) in [5.74, 6) is 1.42. The molecule has 9 heteroatoms. The molecule has 1 saturated heterocycles. The topological polar surface area (TPSA) is 86.4 Å². The van der Waals surface area contributed by atoms with Crippen LogP contribution in [0.4, 0.5) is 5.82 Å². The molecule has 134 valence electrons. The van der Waals surface area contributed by atoms with Crippen LogP contribution in [0, 0.1) is 0 Å². The molecule has 25 heavy (non-hydrogen) atoms. The molecule has 0 radical (unpaired) electrons.